The van der Waals surface area contributed by atoms with E-state index < -0.39 is 0 Å². The van der Waals surface area contributed by atoms with Gasteiger partial charge in [0.2, 0.25) is 0 Å². The van der Waals surface area contributed by atoms with E-state index in [0.29, 0.717) is 5.69 Å². The van der Waals surface area contributed by atoms with Crippen LogP contribution in [0.2, 0.25) is 0 Å². The Labute approximate surface area is 105 Å². The second kappa shape index (κ2) is 4.33. The van der Waals surface area contributed by atoms with Gasteiger partial charge in [-0.15, -0.1) is 0 Å². The molecule has 2 aromatic rings. The van der Waals surface area contributed by atoms with Gasteiger partial charge in [0.1, 0.15) is 5.75 Å². The minimum Gasteiger partial charge on any atom is -0.508 e. The highest BCUT2D eigenvalue weighted by Gasteiger charge is 2.10. The summed E-state index contributed by atoms with van der Waals surface area (Å²) in [5.41, 5.74) is 8.82. The SMILES string of the molecule is Cc1c(N)cnn1-c1ccc(C(C)S)c(O)c1. The molecule has 0 amide bonds. The molecule has 0 bridgehead atoms. The molecule has 1 heterocycles. The normalized spacial score (nSPS) is 12.6. The third-order valence-electron chi connectivity index (χ3n) is 2.76. The molecule has 0 aliphatic heterocycles. The average molecular weight is 249 g/mol. The lowest BCUT2D eigenvalue weighted by molar-refractivity contribution is 0.468. The van der Waals surface area contributed by atoms with Gasteiger partial charge in [-0.05, 0) is 19.9 Å². The topological polar surface area (TPSA) is 64.1 Å². The van der Waals surface area contributed by atoms with Crippen LogP contribution in [0.15, 0.2) is 24.4 Å². The maximum absolute atomic E-state index is 9.90. The zero-order valence-corrected chi connectivity index (χ0v) is 10.6. The zero-order chi connectivity index (χ0) is 12.6. The first-order chi connectivity index (χ1) is 8.00. The van der Waals surface area contributed by atoms with Crippen LogP contribution in [-0.4, -0.2) is 14.9 Å². The quantitative estimate of drug-likeness (QED) is 0.716. The Morgan fingerprint density at radius 1 is 1.47 bits per heavy atom. The molecule has 0 fully saturated rings. The number of benzene rings is 1. The Morgan fingerprint density at radius 2 is 2.18 bits per heavy atom. The van der Waals surface area contributed by atoms with Crippen LogP contribution in [0.1, 0.15) is 23.4 Å². The molecule has 1 aromatic carbocycles. The number of nitrogens with zero attached hydrogens (tertiary/aromatic N) is 2. The monoisotopic (exact) mass is 249 g/mol. The number of hydrogen-bond acceptors (Lipinski definition) is 4. The van der Waals surface area contributed by atoms with Gasteiger partial charge in [0.25, 0.3) is 0 Å². The van der Waals surface area contributed by atoms with Gasteiger partial charge in [-0.2, -0.15) is 17.7 Å². The number of thiol groups is 1. The molecule has 0 aliphatic carbocycles. The predicted octanol–water partition coefficient (Wildman–Crippen LogP) is 2.46. The van der Waals surface area contributed by atoms with E-state index >= 15 is 0 Å². The van der Waals surface area contributed by atoms with E-state index in [2.05, 4.69) is 17.7 Å². The van der Waals surface area contributed by atoms with Crippen molar-refractivity contribution < 1.29 is 5.11 Å². The first-order valence-electron chi connectivity index (χ1n) is 5.32. The number of phenolic OH excluding ortho intramolecular Hbond substituents is 1. The third kappa shape index (κ3) is 2.10. The second-order valence-electron chi connectivity index (χ2n) is 4.02. The van der Waals surface area contributed by atoms with Crippen molar-refractivity contribution in [2.75, 3.05) is 5.73 Å². The van der Waals surface area contributed by atoms with E-state index in [1.54, 1.807) is 16.9 Å². The number of hydrogen-bond donors (Lipinski definition) is 3. The van der Waals surface area contributed by atoms with Crippen LogP contribution in [0.25, 0.3) is 5.69 Å². The van der Waals surface area contributed by atoms with Crippen molar-refractivity contribution in [2.24, 2.45) is 0 Å². The van der Waals surface area contributed by atoms with Crippen LogP contribution < -0.4 is 5.73 Å². The van der Waals surface area contributed by atoms with Crippen molar-refractivity contribution in [3.05, 3.63) is 35.7 Å². The molecule has 90 valence electrons. The van der Waals surface area contributed by atoms with Gasteiger partial charge < -0.3 is 10.8 Å². The van der Waals surface area contributed by atoms with Crippen molar-refractivity contribution >= 4 is 18.3 Å². The standard InChI is InChI=1S/C12H15N3OS/c1-7-11(13)6-14-15(7)9-3-4-10(8(2)17)12(16)5-9/h3-6,8,16-17H,13H2,1-2H3. The summed E-state index contributed by atoms with van der Waals surface area (Å²) in [5.74, 6) is 0.221. The van der Waals surface area contributed by atoms with Crippen LogP contribution in [0, 0.1) is 6.92 Å². The van der Waals surface area contributed by atoms with E-state index in [4.69, 9.17) is 5.73 Å². The Morgan fingerprint density at radius 3 is 2.65 bits per heavy atom. The summed E-state index contributed by atoms with van der Waals surface area (Å²) in [6.45, 7) is 3.80. The summed E-state index contributed by atoms with van der Waals surface area (Å²) in [6, 6.07) is 5.41. The smallest absolute Gasteiger partial charge is 0.122 e. The van der Waals surface area contributed by atoms with Crippen LogP contribution in [0.4, 0.5) is 5.69 Å². The molecular formula is C12H15N3OS. The molecule has 3 N–H and O–H groups in total. The molecule has 0 saturated heterocycles. The van der Waals surface area contributed by atoms with Gasteiger partial charge in [0.15, 0.2) is 0 Å². The number of phenols is 1. The summed E-state index contributed by atoms with van der Waals surface area (Å²) in [7, 11) is 0. The van der Waals surface area contributed by atoms with Gasteiger partial charge in [0.05, 0.1) is 23.3 Å². The maximum Gasteiger partial charge on any atom is 0.122 e. The fraction of sp³-hybridized carbons (Fsp3) is 0.250. The van der Waals surface area contributed by atoms with E-state index in [1.165, 1.54) is 0 Å². The Bertz CT molecular complexity index is 549. The summed E-state index contributed by atoms with van der Waals surface area (Å²) in [5, 5.41) is 14.1. The van der Waals surface area contributed by atoms with Crippen LogP contribution in [0.3, 0.4) is 0 Å². The molecule has 0 aliphatic rings. The Kier molecular flexibility index (Phi) is 3.02. The predicted molar refractivity (Wildman–Crippen MR) is 71.8 cm³/mol. The summed E-state index contributed by atoms with van der Waals surface area (Å²) in [6.07, 6.45) is 1.60. The van der Waals surface area contributed by atoms with Crippen LogP contribution in [-0.2, 0) is 0 Å². The molecule has 0 saturated carbocycles. The number of rotatable bonds is 2. The fourth-order valence-electron chi connectivity index (χ4n) is 1.70. The number of nitrogen functional groups attached to an aromatic ring is 1. The van der Waals surface area contributed by atoms with E-state index in [-0.39, 0.29) is 11.0 Å². The van der Waals surface area contributed by atoms with Gasteiger partial charge in [-0.25, -0.2) is 4.68 Å². The minimum absolute atomic E-state index is 0.00663. The molecule has 4 nitrogen and oxygen atoms in total. The number of anilines is 1. The highest BCUT2D eigenvalue weighted by Crippen LogP contribution is 2.30. The van der Waals surface area contributed by atoms with Crippen molar-refractivity contribution in [1.82, 2.24) is 9.78 Å². The third-order valence-corrected chi connectivity index (χ3v) is 3.03. The second-order valence-corrected chi connectivity index (χ2v) is 4.79. The first kappa shape index (κ1) is 11.9. The average Bonchev–Trinajstić information content (AvgIpc) is 2.59. The maximum atomic E-state index is 9.90. The van der Waals surface area contributed by atoms with E-state index in [1.807, 2.05) is 26.0 Å². The zero-order valence-electron chi connectivity index (χ0n) is 9.75. The lowest BCUT2D eigenvalue weighted by Gasteiger charge is -2.10. The molecule has 0 spiro atoms. The molecule has 17 heavy (non-hydrogen) atoms. The Balaban J connectivity index is 2.48. The van der Waals surface area contributed by atoms with Crippen LogP contribution >= 0.6 is 12.6 Å². The molecule has 1 unspecified atom stereocenters. The number of aromatic hydroxyl groups is 1. The lowest BCUT2D eigenvalue weighted by Crippen LogP contribution is -2.00. The van der Waals surface area contributed by atoms with Gasteiger partial charge >= 0.3 is 0 Å². The van der Waals surface area contributed by atoms with Crippen LogP contribution in [0.5, 0.6) is 5.75 Å². The van der Waals surface area contributed by atoms with Crippen molar-refractivity contribution in [1.29, 1.82) is 0 Å². The molecule has 0 radical (unpaired) electrons. The van der Waals surface area contributed by atoms with Gasteiger partial charge in [-0.3, -0.25) is 0 Å². The number of aromatic nitrogens is 2. The molecule has 5 heteroatoms. The van der Waals surface area contributed by atoms with Crippen molar-refractivity contribution in [3.8, 4) is 11.4 Å². The van der Waals surface area contributed by atoms with Gasteiger partial charge in [0, 0.05) is 16.9 Å². The van der Waals surface area contributed by atoms with E-state index in [9.17, 15) is 5.11 Å². The first-order valence-corrected chi connectivity index (χ1v) is 5.84. The number of nitrogens with two attached hydrogens (primary N) is 1. The van der Waals surface area contributed by atoms with Crippen molar-refractivity contribution in [2.45, 2.75) is 19.1 Å². The molecular weight excluding hydrogens is 234 g/mol. The summed E-state index contributed by atoms with van der Waals surface area (Å²) < 4.78 is 1.70. The highest BCUT2D eigenvalue weighted by atomic mass is 32.1. The lowest BCUT2D eigenvalue weighted by atomic mass is 10.1. The molecule has 2 rings (SSSR count). The highest BCUT2D eigenvalue weighted by molar-refractivity contribution is 7.80. The van der Waals surface area contributed by atoms with Crippen molar-refractivity contribution in [3.63, 3.8) is 0 Å². The summed E-state index contributed by atoms with van der Waals surface area (Å²) in [4.78, 5) is 0. The molecule has 1 atom stereocenters. The summed E-state index contributed by atoms with van der Waals surface area (Å²) >= 11 is 4.30. The fourth-order valence-corrected chi connectivity index (χ4v) is 1.92. The van der Waals surface area contributed by atoms with E-state index in [0.717, 1.165) is 16.9 Å². The largest absolute Gasteiger partial charge is 0.508 e. The minimum atomic E-state index is -0.00663. The van der Waals surface area contributed by atoms with Gasteiger partial charge in [-0.1, -0.05) is 6.07 Å². The molecule has 1 aromatic heterocycles. The Hall–Kier alpha value is -1.62.